The van der Waals surface area contributed by atoms with E-state index in [9.17, 15) is 4.79 Å². The summed E-state index contributed by atoms with van der Waals surface area (Å²) in [6.45, 7) is 3.42. The third kappa shape index (κ3) is 2.28. The molecule has 7 nitrogen and oxygen atoms in total. The molecule has 0 radical (unpaired) electrons. The van der Waals surface area contributed by atoms with Crippen molar-refractivity contribution >= 4 is 11.6 Å². The minimum Gasteiger partial charge on any atom is -0.338 e. The maximum absolute atomic E-state index is 12.8. The van der Waals surface area contributed by atoms with Gasteiger partial charge in [-0.25, -0.2) is 14.5 Å². The average molecular weight is 310 g/mol. The molecule has 7 heteroatoms. The number of rotatable bonds is 2. The normalized spacial score (nSPS) is 18.0. The van der Waals surface area contributed by atoms with Crippen molar-refractivity contribution in [2.75, 3.05) is 13.1 Å². The number of hydrogen-bond donors (Lipinski definition) is 0. The lowest BCUT2D eigenvalue weighted by Crippen LogP contribution is -2.28. The van der Waals surface area contributed by atoms with Crippen LogP contribution in [0.2, 0.25) is 0 Å². The Labute approximate surface area is 133 Å². The molecule has 118 valence electrons. The van der Waals surface area contributed by atoms with Gasteiger partial charge in [0.1, 0.15) is 11.4 Å². The first-order chi connectivity index (χ1) is 11.1. The zero-order valence-electron chi connectivity index (χ0n) is 13.2. The first kappa shape index (κ1) is 13.9. The van der Waals surface area contributed by atoms with Gasteiger partial charge in [-0.2, -0.15) is 5.10 Å². The fourth-order valence-electron chi connectivity index (χ4n) is 3.32. The Hall–Kier alpha value is -2.70. The van der Waals surface area contributed by atoms with Gasteiger partial charge in [0.15, 0.2) is 5.65 Å². The molecule has 0 N–H and O–H groups in total. The molecule has 0 spiro atoms. The van der Waals surface area contributed by atoms with E-state index in [2.05, 4.69) is 19.6 Å². The van der Waals surface area contributed by atoms with Crippen molar-refractivity contribution in [2.24, 2.45) is 7.05 Å². The first-order valence-electron chi connectivity index (χ1n) is 7.71. The molecule has 1 fully saturated rings. The molecule has 1 unspecified atom stereocenters. The minimum absolute atomic E-state index is 0.00729. The van der Waals surface area contributed by atoms with E-state index in [0.717, 1.165) is 24.5 Å². The molecule has 4 heterocycles. The topological polar surface area (TPSA) is 68.3 Å². The van der Waals surface area contributed by atoms with Crippen molar-refractivity contribution in [1.29, 1.82) is 0 Å². The van der Waals surface area contributed by atoms with Crippen LogP contribution in [0.5, 0.6) is 0 Å². The number of aromatic nitrogens is 5. The Morgan fingerprint density at radius 1 is 1.39 bits per heavy atom. The number of carbonyl (C=O) groups is 1. The molecule has 0 aromatic carbocycles. The van der Waals surface area contributed by atoms with Crippen LogP contribution >= 0.6 is 0 Å². The largest absolute Gasteiger partial charge is 0.338 e. The van der Waals surface area contributed by atoms with Crippen LogP contribution in [0.15, 0.2) is 30.9 Å². The lowest BCUT2D eigenvalue weighted by molar-refractivity contribution is 0.0792. The molecular formula is C16H18N6O. The number of carbonyl (C=O) groups excluding carboxylic acids is 1. The lowest BCUT2D eigenvalue weighted by Gasteiger charge is -2.15. The van der Waals surface area contributed by atoms with Crippen LogP contribution in [0.25, 0.3) is 5.65 Å². The zero-order valence-corrected chi connectivity index (χ0v) is 13.2. The predicted molar refractivity (Wildman–Crippen MR) is 84.2 cm³/mol. The molecule has 1 aliphatic rings. The lowest BCUT2D eigenvalue weighted by atomic mass is 10.1. The van der Waals surface area contributed by atoms with Gasteiger partial charge in [-0.15, -0.1) is 0 Å². The fourth-order valence-corrected chi connectivity index (χ4v) is 3.32. The summed E-state index contributed by atoms with van der Waals surface area (Å²) >= 11 is 0. The fraction of sp³-hybridized carbons (Fsp3) is 0.375. The summed E-state index contributed by atoms with van der Waals surface area (Å²) in [5.41, 5.74) is 2.18. The van der Waals surface area contributed by atoms with Gasteiger partial charge in [0.05, 0.1) is 11.9 Å². The monoisotopic (exact) mass is 310 g/mol. The maximum Gasteiger partial charge on any atom is 0.259 e. The summed E-state index contributed by atoms with van der Waals surface area (Å²) in [5.74, 6) is 1.33. The average Bonchev–Trinajstić information content (AvgIpc) is 3.24. The summed E-state index contributed by atoms with van der Waals surface area (Å²) < 4.78 is 3.69. The van der Waals surface area contributed by atoms with Gasteiger partial charge < -0.3 is 9.47 Å². The predicted octanol–water partition coefficient (Wildman–Crippen LogP) is 1.40. The Kier molecular flexibility index (Phi) is 3.14. The zero-order chi connectivity index (χ0) is 16.0. The van der Waals surface area contributed by atoms with Crippen LogP contribution in [0.1, 0.15) is 34.2 Å². The second-order valence-corrected chi connectivity index (χ2v) is 6.03. The van der Waals surface area contributed by atoms with Crippen molar-refractivity contribution in [2.45, 2.75) is 19.3 Å². The third-order valence-corrected chi connectivity index (χ3v) is 4.38. The number of hydrogen-bond acceptors (Lipinski definition) is 4. The second kappa shape index (κ2) is 5.19. The molecule has 23 heavy (non-hydrogen) atoms. The van der Waals surface area contributed by atoms with Crippen LogP contribution in [0, 0.1) is 6.92 Å². The first-order valence-corrected chi connectivity index (χ1v) is 7.71. The standard InChI is InChI=1S/C16H18N6O/c1-11-9-20(2)14(19-11)12-4-7-21(10-12)16(23)13-8-18-22-6-3-5-17-15(13)22/h3,5-6,8-9,12H,4,7,10H2,1-2H3. The highest BCUT2D eigenvalue weighted by Crippen LogP contribution is 2.27. The van der Waals surface area contributed by atoms with E-state index >= 15 is 0 Å². The smallest absolute Gasteiger partial charge is 0.259 e. The molecule has 3 aromatic heterocycles. The van der Waals surface area contributed by atoms with Gasteiger partial charge in [-0.05, 0) is 19.4 Å². The van der Waals surface area contributed by atoms with Crippen molar-refractivity contribution in [3.8, 4) is 0 Å². The number of imidazole rings is 1. The summed E-state index contributed by atoms with van der Waals surface area (Å²) in [7, 11) is 2.01. The third-order valence-electron chi connectivity index (χ3n) is 4.38. The quantitative estimate of drug-likeness (QED) is 0.717. The molecule has 1 atom stereocenters. The van der Waals surface area contributed by atoms with Gasteiger partial charge in [-0.1, -0.05) is 0 Å². The molecule has 1 amide bonds. The number of aryl methyl sites for hydroxylation is 2. The van der Waals surface area contributed by atoms with Crippen molar-refractivity contribution in [3.63, 3.8) is 0 Å². The van der Waals surface area contributed by atoms with Gasteiger partial charge in [0.2, 0.25) is 0 Å². The van der Waals surface area contributed by atoms with E-state index in [-0.39, 0.29) is 11.8 Å². The van der Waals surface area contributed by atoms with E-state index < -0.39 is 0 Å². The second-order valence-electron chi connectivity index (χ2n) is 6.03. The summed E-state index contributed by atoms with van der Waals surface area (Å²) in [6.07, 6.45) is 8.03. The van der Waals surface area contributed by atoms with Crippen molar-refractivity contribution in [3.05, 3.63) is 47.9 Å². The van der Waals surface area contributed by atoms with Gasteiger partial charge >= 0.3 is 0 Å². The van der Waals surface area contributed by atoms with E-state index in [1.54, 1.807) is 29.2 Å². The van der Waals surface area contributed by atoms with E-state index in [4.69, 9.17) is 0 Å². The van der Waals surface area contributed by atoms with E-state index in [1.807, 2.05) is 25.1 Å². The molecule has 4 rings (SSSR count). The molecule has 0 bridgehead atoms. The minimum atomic E-state index is -0.00729. The van der Waals surface area contributed by atoms with Crippen molar-refractivity contribution < 1.29 is 4.79 Å². The van der Waals surface area contributed by atoms with Crippen LogP contribution in [0.4, 0.5) is 0 Å². The summed E-state index contributed by atoms with van der Waals surface area (Å²) in [6, 6.07) is 1.80. The Bertz CT molecular complexity index is 880. The SMILES string of the molecule is Cc1cn(C)c(C2CCN(C(=O)c3cnn4cccnc34)C2)n1. The van der Waals surface area contributed by atoms with Gasteiger partial charge in [-0.3, -0.25) is 4.79 Å². The molecular weight excluding hydrogens is 292 g/mol. The Morgan fingerprint density at radius 2 is 2.26 bits per heavy atom. The van der Waals surface area contributed by atoms with Crippen LogP contribution < -0.4 is 0 Å². The van der Waals surface area contributed by atoms with Crippen LogP contribution in [0.3, 0.4) is 0 Å². The maximum atomic E-state index is 12.8. The molecule has 0 aliphatic carbocycles. The Balaban J connectivity index is 1.58. The molecule has 3 aromatic rings. The van der Waals surface area contributed by atoms with Gasteiger partial charge in [0, 0.05) is 44.6 Å². The van der Waals surface area contributed by atoms with E-state index in [0.29, 0.717) is 17.8 Å². The molecule has 1 saturated heterocycles. The van der Waals surface area contributed by atoms with Crippen LogP contribution in [-0.4, -0.2) is 48.0 Å². The van der Waals surface area contributed by atoms with Crippen molar-refractivity contribution in [1.82, 2.24) is 29.0 Å². The Morgan fingerprint density at radius 3 is 3.04 bits per heavy atom. The number of nitrogens with zero attached hydrogens (tertiary/aromatic N) is 6. The summed E-state index contributed by atoms with van der Waals surface area (Å²) in [4.78, 5) is 23.5. The highest BCUT2D eigenvalue weighted by molar-refractivity contribution is 5.99. The number of fused-ring (bicyclic) bond motifs is 1. The summed E-state index contributed by atoms with van der Waals surface area (Å²) in [5, 5.41) is 4.20. The molecule has 0 saturated carbocycles. The number of likely N-dealkylation sites (tertiary alicyclic amines) is 1. The molecule has 1 aliphatic heterocycles. The highest BCUT2D eigenvalue weighted by atomic mass is 16.2. The van der Waals surface area contributed by atoms with Crippen LogP contribution in [-0.2, 0) is 7.05 Å². The van der Waals surface area contributed by atoms with E-state index in [1.165, 1.54) is 0 Å². The number of amides is 1. The van der Waals surface area contributed by atoms with Gasteiger partial charge in [0.25, 0.3) is 5.91 Å². The highest BCUT2D eigenvalue weighted by Gasteiger charge is 2.31.